The van der Waals surface area contributed by atoms with Crippen molar-refractivity contribution in [2.24, 2.45) is 0 Å². The second-order valence-corrected chi connectivity index (χ2v) is 11.3. The van der Waals surface area contributed by atoms with Gasteiger partial charge >= 0.3 is 5.97 Å². The van der Waals surface area contributed by atoms with Crippen LogP contribution >= 0.6 is 34.4 Å². The van der Waals surface area contributed by atoms with Gasteiger partial charge in [0, 0.05) is 16.3 Å². The number of anilines is 1. The zero-order valence-corrected chi connectivity index (χ0v) is 22.0. The Balaban J connectivity index is 1.39. The number of allylic oxidation sites excluding steroid dienone is 1. The van der Waals surface area contributed by atoms with Crippen molar-refractivity contribution < 1.29 is 14.3 Å². The van der Waals surface area contributed by atoms with Crippen LogP contribution in [0.3, 0.4) is 0 Å². The fourth-order valence-corrected chi connectivity index (χ4v) is 7.42. The Morgan fingerprint density at radius 1 is 1.25 bits per heavy atom. The standard InChI is InChI=1S/C26H23N3O4S3/c1-3-12-29-24(31)21-16-10-7-11-18(16)35-23(21)28-26(29)34-14-20(30)27-22-17(25(32)33-2)13-19(36-22)15-8-5-4-6-9-15/h3-6,8-9,13H,1,7,10-12,14H2,2H3,(H,27,30). The number of nitrogens with one attached hydrogen (secondary N) is 1. The van der Waals surface area contributed by atoms with Crippen LogP contribution in [0.15, 0.2) is 59.0 Å². The third-order valence-electron chi connectivity index (χ3n) is 5.88. The summed E-state index contributed by atoms with van der Waals surface area (Å²) < 4.78 is 6.49. The van der Waals surface area contributed by atoms with E-state index in [0.717, 1.165) is 40.1 Å². The van der Waals surface area contributed by atoms with Crippen LogP contribution in [0.4, 0.5) is 5.00 Å². The number of aromatic nitrogens is 2. The first-order chi connectivity index (χ1) is 17.5. The van der Waals surface area contributed by atoms with Crippen LogP contribution < -0.4 is 10.9 Å². The van der Waals surface area contributed by atoms with Gasteiger partial charge in [0.25, 0.3) is 5.56 Å². The molecule has 1 aliphatic carbocycles. The van der Waals surface area contributed by atoms with Crippen LogP contribution in [-0.4, -0.2) is 34.3 Å². The Morgan fingerprint density at radius 3 is 2.81 bits per heavy atom. The Hall–Kier alpha value is -3.21. The molecule has 0 saturated heterocycles. The minimum Gasteiger partial charge on any atom is -0.465 e. The van der Waals surface area contributed by atoms with E-state index in [-0.39, 0.29) is 17.2 Å². The lowest BCUT2D eigenvalue weighted by Gasteiger charge is -2.10. The summed E-state index contributed by atoms with van der Waals surface area (Å²) in [5.41, 5.74) is 2.29. The van der Waals surface area contributed by atoms with E-state index in [1.54, 1.807) is 28.0 Å². The lowest BCUT2D eigenvalue weighted by atomic mass is 10.1. The first kappa shape index (κ1) is 24.5. The summed E-state index contributed by atoms with van der Waals surface area (Å²) in [5.74, 6) is -0.798. The number of thioether (sulfide) groups is 1. The van der Waals surface area contributed by atoms with Gasteiger partial charge in [-0.25, -0.2) is 9.78 Å². The van der Waals surface area contributed by atoms with Crippen LogP contribution in [0.2, 0.25) is 0 Å². The molecule has 0 unspecified atom stereocenters. The third kappa shape index (κ3) is 4.63. The van der Waals surface area contributed by atoms with Gasteiger partial charge in [0.05, 0.1) is 23.8 Å². The minimum atomic E-state index is -0.519. The Bertz CT molecular complexity index is 1540. The Labute approximate surface area is 219 Å². The maximum absolute atomic E-state index is 13.3. The molecule has 1 N–H and O–H groups in total. The number of nitrogens with zero attached hydrogens (tertiary/aromatic N) is 2. The molecule has 0 saturated carbocycles. The van der Waals surface area contributed by atoms with Crippen molar-refractivity contribution in [3.05, 3.63) is 75.4 Å². The average molecular weight is 538 g/mol. The van der Waals surface area contributed by atoms with Gasteiger partial charge in [-0.15, -0.1) is 29.3 Å². The first-order valence-electron chi connectivity index (χ1n) is 11.4. The summed E-state index contributed by atoms with van der Waals surface area (Å²) in [6.07, 6.45) is 4.61. The van der Waals surface area contributed by atoms with E-state index >= 15 is 0 Å². The van der Waals surface area contributed by atoms with Crippen molar-refractivity contribution in [1.82, 2.24) is 9.55 Å². The van der Waals surface area contributed by atoms with Crippen molar-refractivity contribution in [3.8, 4) is 10.4 Å². The highest BCUT2D eigenvalue weighted by atomic mass is 32.2. The minimum absolute atomic E-state index is 0.0271. The van der Waals surface area contributed by atoms with Crippen LogP contribution in [0, 0.1) is 0 Å². The smallest absolute Gasteiger partial charge is 0.340 e. The monoisotopic (exact) mass is 537 g/mol. The van der Waals surface area contributed by atoms with Crippen molar-refractivity contribution in [3.63, 3.8) is 0 Å². The molecule has 0 radical (unpaired) electrons. The molecule has 0 atom stereocenters. The molecular formula is C26H23N3O4S3. The number of carbonyl (C=O) groups is 2. The second kappa shape index (κ2) is 10.4. The lowest BCUT2D eigenvalue weighted by Crippen LogP contribution is -2.24. The van der Waals surface area contributed by atoms with E-state index in [4.69, 9.17) is 9.72 Å². The third-order valence-corrected chi connectivity index (χ3v) is 9.14. The van der Waals surface area contributed by atoms with Crippen molar-refractivity contribution in [2.45, 2.75) is 31.0 Å². The van der Waals surface area contributed by atoms with Gasteiger partial charge in [-0.3, -0.25) is 14.2 Å². The molecule has 0 spiro atoms. The number of hydrogen-bond donors (Lipinski definition) is 1. The van der Waals surface area contributed by atoms with E-state index in [0.29, 0.717) is 27.7 Å². The highest BCUT2D eigenvalue weighted by molar-refractivity contribution is 7.99. The van der Waals surface area contributed by atoms with E-state index in [2.05, 4.69) is 11.9 Å². The molecule has 7 nitrogen and oxygen atoms in total. The molecule has 4 aromatic rings. The highest BCUT2D eigenvalue weighted by Crippen LogP contribution is 2.37. The van der Waals surface area contributed by atoms with E-state index in [1.165, 1.54) is 35.1 Å². The van der Waals surface area contributed by atoms with E-state index < -0.39 is 5.97 Å². The maximum atomic E-state index is 13.3. The fourth-order valence-electron chi connectivity index (χ4n) is 4.24. The molecule has 0 fully saturated rings. The zero-order chi connectivity index (χ0) is 25.2. The lowest BCUT2D eigenvalue weighted by molar-refractivity contribution is -0.113. The Kier molecular flexibility index (Phi) is 7.08. The maximum Gasteiger partial charge on any atom is 0.340 e. The summed E-state index contributed by atoms with van der Waals surface area (Å²) >= 11 is 4.08. The van der Waals surface area contributed by atoms with E-state index in [1.807, 2.05) is 30.3 Å². The molecule has 5 rings (SSSR count). The number of carbonyl (C=O) groups excluding carboxylic acids is 2. The van der Waals surface area contributed by atoms with Crippen molar-refractivity contribution in [1.29, 1.82) is 0 Å². The first-order valence-corrected chi connectivity index (χ1v) is 14.0. The summed E-state index contributed by atoms with van der Waals surface area (Å²) in [5, 5.41) is 4.45. The number of fused-ring (bicyclic) bond motifs is 3. The number of methoxy groups -OCH3 is 1. The SMILES string of the molecule is C=CCn1c(SCC(=O)Nc2sc(-c3ccccc3)cc2C(=O)OC)nc2sc3c(c2c1=O)CCC3. The number of rotatable bonds is 8. The molecule has 10 heteroatoms. The summed E-state index contributed by atoms with van der Waals surface area (Å²) in [4.78, 5) is 46.1. The van der Waals surface area contributed by atoms with Gasteiger partial charge in [-0.1, -0.05) is 48.2 Å². The molecule has 1 aliphatic rings. The van der Waals surface area contributed by atoms with Gasteiger partial charge in [-0.05, 0) is 36.5 Å². The Morgan fingerprint density at radius 2 is 2.06 bits per heavy atom. The van der Waals surface area contributed by atoms with Crippen LogP contribution in [-0.2, 0) is 28.9 Å². The topological polar surface area (TPSA) is 90.3 Å². The summed E-state index contributed by atoms with van der Waals surface area (Å²) in [6, 6.07) is 11.3. The predicted octanol–water partition coefficient (Wildman–Crippen LogP) is 5.38. The molecule has 0 aliphatic heterocycles. The number of aryl methyl sites for hydroxylation is 2. The fraction of sp³-hybridized carbons (Fsp3) is 0.231. The number of benzene rings is 1. The number of hydrogen-bond acceptors (Lipinski definition) is 8. The van der Waals surface area contributed by atoms with Crippen molar-refractivity contribution in [2.75, 3.05) is 18.2 Å². The van der Waals surface area contributed by atoms with Gasteiger partial charge in [-0.2, -0.15) is 0 Å². The predicted molar refractivity (Wildman–Crippen MR) is 147 cm³/mol. The average Bonchev–Trinajstić information content (AvgIpc) is 3.59. The number of esters is 1. The van der Waals surface area contributed by atoms with Gasteiger partial charge in [0.15, 0.2) is 5.16 Å². The van der Waals surface area contributed by atoms with E-state index in [9.17, 15) is 14.4 Å². The highest BCUT2D eigenvalue weighted by Gasteiger charge is 2.24. The summed E-state index contributed by atoms with van der Waals surface area (Å²) in [7, 11) is 1.31. The quantitative estimate of drug-likeness (QED) is 0.141. The van der Waals surface area contributed by atoms with Crippen molar-refractivity contribution >= 4 is 61.5 Å². The largest absolute Gasteiger partial charge is 0.465 e. The molecule has 184 valence electrons. The molecule has 1 amide bonds. The van der Waals surface area contributed by atoms with Crippen LogP contribution in [0.25, 0.3) is 20.7 Å². The molecule has 3 heterocycles. The van der Waals surface area contributed by atoms with Crippen LogP contribution in [0.1, 0.15) is 27.2 Å². The second-order valence-electron chi connectivity index (χ2n) is 8.18. The molecule has 3 aromatic heterocycles. The van der Waals surface area contributed by atoms with Gasteiger partial charge < -0.3 is 10.1 Å². The summed E-state index contributed by atoms with van der Waals surface area (Å²) in [6.45, 7) is 4.09. The molecule has 0 bridgehead atoms. The van der Waals surface area contributed by atoms with Gasteiger partial charge in [0.2, 0.25) is 5.91 Å². The molecule has 1 aromatic carbocycles. The zero-order valence-electron chi connectivity index (χ0n) is 19.5. The van der Waals surface area contributed by atoms with Crippen LogP contribution in [0.5, 0.6) is 0 Å². The molecular weight excluding hydrogens is 515 g/mol. The van der Waals surface area contributed by atoms with Gasteiger partial charge in [0.1, 0.15) is 9.83 Å². The number of thiophene rings is 2. The molecule has 36 heavy (non-hydrogen) atoms. The normalized spacial score (nSPS) is 12.5. The number of amides is 1. The number of ether oxygens (including phenoxy) is 1.